The molecule has 3 heterocycles. The molecule has 292 valence electrons. The van der Waals surface area contributed by atoms with Gasteiger partial charge in [-0.05, 0) is 105 Å². The van der Waals surface area contributed by atoms with Gasteiger partial charge in [-0.15, -0.1) is 0 Å². The zero-order valence-corrected chi connectivity index (χ0v) is 33.9. The lowest BCUT2D eigenvalue weighted by Gasteiger charge is -2.41. The van der Waals surface area contributed by atoms with Crippen molar-refractivity contribution in [3.8, 4) is 28.3 Å². The Kier molecular flexibility index (Phi) is 12.0. The Morgan fingerprint density at radius 1 is 1.05 bits per heavy atom. The molecule has 4 atom stereocenters. The van der Waals surface area contributed by atoms with Gasteiger partial charge in [0.05, 0.1) is 17.8 Å². The highest BCUT2D eigenvalue weighted by Gasteiger charge is 2.38. The van der Waals surface area contributed by atoms with E-state index in [1.165, 1.54) is 36.0 Å². The highest BCUT2D eigenvalue weighted by molar-refractivity contribution is 6.36. The van der Waals surface area contributed by atoms with Crippen LogP contribution in [0, 0.1) is 18.8 Å². The third kappa shape index (κ3) is 7.88. The summed E-state index contributed by atoms with van der Waals surface area (Å²) < 4.78 is 8.12. The molecule has 0 bridgehead atoms. The first kappa shape index (κ1) is 40.0. The van der Waals surface area contributed by atoms with Crippen LogP contribution in [-0.2, 0) is 25.3 Å². The molecular formula is C44H54ClN5O5. The number of anilines is 1. The van der Waals surface area contributed by atoms with Crippen LogP contribution in [0.3, 0.4) is 0 Å². The van der Waals surface area contributed by atoms with E-state index < -0.39 is 17.2 Å². The summed E-state index contributed by atoms with van der Waals surface area (Å²) in [4.78, 5) is 56.0. The Morgan fingerprint density at radius 2 is 1.78 bits per heavy atom. The molecule has 6 rings (SSSR count). The second-order valence-corrected chi connectivity index (χ2v) is 15.9. The molecular weight excluding hydrogens is 714 g/mol. The summed E-state index contributed by atoms with van der Waals surface area (Å²) in [5, 5.41) is 6.83. The summed E-state index contributed by atoms with van der Waals surface area (Å²) in [7, 11) is 4.53. The molecule has 2 N–H and O–H groups in total. The highest BCUT2D eigenvalue weighted by Crippen LogP contribution is 2.46. The van der Waals surface area contributed by atoms with E-state index in [4.69, 9.17) is 21.3 Å². The predicted molar refractivity (Wildman–Crippen MR) is 219 cm³/mol. The molecule has 55 heavy (non-hydrogen) atoms. The van der Waals surface area contributed by atoms with Crippen LogP contribution in [0.2, 0.25) is 5.02 Å². The van der Waals surface area contributed by atoms with Gasteiger partial charge in [-0.3, -0.25) is 19.0 Å². The van der Waals surface area contributed by atoms with Crippen LogP contribution < -0.4 is 26.6 Å². The number of ether oxygens (including phenoxy) is 1. The highest BCUT2D eigenvalue weighted by atomic mass is 35.5. The smallest absolute Gasteiger partial charge is 0.330 e. The minimum Gasteiger partial charge on any atom is -0.481 e. The summed E-state index contributed by atoms with van der Waals surface area (Å²) in [6.45, 7) is 8.48. The Hall–Kier alpha value is -4.70. The van der Waals surface area contributed by atoms with Crippen molar-refractivity contribution in [3.05, 3.63) is 96.8 Å². The van der Waals surface area contributed by atoms with Gasteiger partial charge < -0.3 is 19.9 Å². The van der Waals surface area contributed by atoms with E-state index in [1.807, 2.05) is 37.3 Å². The minimum absolute atomic E-state index is 0.0933. The minimum atomic E-state index is -0.667. The lowest BCUT2D eigenvalue weighted by Crippen LogP contribution is -2.54. The van der Waals surface area contributed by atoms with Crippen molar-refractivity contribution in [3.63, 3.8) is 0 Å². The average Bonchev–Trinajstić information content (AvgIpc) is 3.60. The molecule has 1 aliphatic carbocycles. The summed E-state index contributed by atoms with van der Waals surface area (Å²) in [6.07, 6.45) is 11.4. The van der Waals surface area contributed by atoms with Crippen LogP contribution in [0.25, 0.3) is 22.4 Å². The summed E-state index contributed by atoms with van der Waals surface area (Å²) >= 11 is 7.21. The number of piperidine rings is 1. The van der Waals surface area contributed by atoms with Gasteiger partial charge in [0.25, 0.3) is 11.5 Å². The Bertz CT molecular complexity index is 2230. The molecule has 2 aromatic carbocycles. The molecule has 4 unspecified atom stereocenters. The van der Waals surface area contributed by atoms with Gasteiger partial charge in [-0.1, -0.05) is 69.1 Å². The van der Waals surface area contributed by atoms with Crippen molar-refractivity contribution in [1.29, 1.82) is 0 Å². The Balaban J connectivity index is 1.23. The number of pyridine rings is 1. The van der Waals surface area contributed by atoms with Crippen molar-refractivity contribution in [2.45, 2.75) is 103 Å². The molecule has 10 nitrogen and oxygen atoms in total. The molecule has 1 fully saturated rings. The number of amides is 2. The third-order valence-corrected chi connectivity index (χ3v) is 12.8. The number of nitrogens with one attached hydrogen (secondary N) is 2. The van der Waals surface area contributed by atoms with E-state index in [9.17, 15) is 19.2 Å². The van der Waals surface area contributed by atoms with Crippen LogP contribution in [0.5, 0.6) is 5.88 Å². The van der Waals surface area contributed by atoms with E-state index in [2.05, 4.69) is 37.5 Å². The molecule has 0 saturated carbocycles. The van der Waals surface area contributed by atoms with Gasteiger partial charge in [-0.25, -0.2) is 9.78 Å². The van der Waals surface area contributed by atoms with Crippen molar-refractivity contribution >= 4 is 29.1 Å². The number of rotatable bonds is 13. The maximum atomic E-state index is 13.3. The number of carbonyl (C=O) groups excluding carboxylic acids is 2. The SMILES string of the molecule is CCC(CCC1(CC)CCC(CC)C(=O)N1)CC1CCc2cc(-c3cccc(-c4cccc(NC(=O)c5cn(C)c(=O)n(C)c5=O)c4C)c3Cl)nc(OC)c21. The van der Waals surface area contributed by atoms with Crippen LogP contribution >= 0.6 is 11.6 Å². The van der Waals surface area contributed by atoms with Crippen LogP contribution in [0.15, 0.2) is 58.3 Å². The second kappa shape index (κ2) is 16.6. The maximum absolute atomic E-state index is 13.3. The first-order valence-corrected chi connectivity index (χ1v) is 20.1. The Morgan fingerprint density at radius 3 is 2.47 bits per heavy atom. The molecule has 0 radical (unpaired) electrons. The lowest BCUT2D eigenvalue weighted by molar-refractivity contribution is -0.130. The predicted octanol–water partition coefficient (Wildman–Crippen LogP) is 8.35. The molecule has 1 saturated heterocycles. The Labute approximate surface area is 328 Å². The molecule has 2 amide bonds. The quantitative estimate of drug-likeness (QED) is 0.141. The third-order valence-electron chi connectivity index (χ3n) is 12.4. The molecule has 2 aromatic heterocycles. The van der Waals surface area contributed by atoms with Crippen LogP contribution in [0.4, 0.5) is 5.69 Å². The fraction of sp³-hybridized carbons (Fsp3) is 0.477. The van der Waals surface area contributed by atoms with Gasteiger partial charge in [0.15, 0.2) is 0 Å². The van der Waals surface area contributed by atoms with E-state index in [0.717, 1.165) is 96.7 Å². The first-order chi connectivity index (χ1) is 26.3. The molecule has 1 aliphatic heterocycles. The number of benzene rings is 2. The van der Waals surface area contributed by atoms with Crippen molar-refractivity contribution in [2.24, 2.45) is 25.9 Å². The number of aryl methyl sites for hydroxylation is 2. The normalized spacial score (nSPS) is 19.8. The summed E-state index contributed by atoms with van der Waals surface area (Å²) in [5.41, 5.74) is 5.44. The largest absolute Gasteiger partial charge is 0.481 e. The number of fused-ring (bicyclic) bond motifs is 1. The monoisotopic (exact) mass is 767 g/mol. The molecule has 0 spiro atoms. The van der Waals surface area contributed by atoms with Gasteiger partial charge >= 0.3 is 5.69 Å². The first-order valence-electron chi connectivity index (χ1n) is 19.7. The van der Waals surface area contributed by atoms with E-state index >= 15 is 0 Å². The maximum Gasteiger partial charge on any atom is 0.330 e. The number of methoxy groups -OCH3 is 1. The second-order valence-electron chi connectivity index (χ2n) is 15.5. The van der Waals surface area contributed by atoms with Gasteiger partial charge in [-0.2, -0.15) is 0 Å². The van der Waals surface area contributed by atoms with E-state index in [1.54, 1.807) is 13.2 Å². The molecule has 4 aromatic rings. The standard InChI is InChI=1S/C44H54ClN5O5/c1-8-27(19-21-44(10-3)22-20-28(9-2)39(51)48-44)23-29-17-18-30-24-36(47-41(55-7)37(29)30)33-15-11-14-32(38(33)45)31-13-12-16-35(26(31)4)46-40(52)34-25-49(5)43(54)50(6)42(34)53/h11-16,24-25,27-29H,8-10,17-23H2,1-7H3,(H,46,52)(H,48,51). The zero-order chi connectivity index (χ0) is 39.6. The molecule has 2 aliphatic rings. The number of hydrogen-bond acceptors (Lipinski definition) is 6. The number of halogens is 1. The topological polar surface area (TPSA) is 124 Å². The van der Waals surface area contributed by atoms with Crippen LogP contribution in [-0.4, -0.2) is 38.6 Å². The zero-order valence-electron chi connectivity index (χ0n) is 33.2. The summed E-state index contributed by atoms with van der Waals surface area (Å²) in [5.74, 6) is 1.29. The number of carbonyl (C=O) groups is 2. The van der Waals surface area contributed by atoms with Gasteiger partial charge in [0, 0.05) is 54.1 Å². The number of hydrogen-bond donors (Lipinski definition) is 2. The lowest BCUT2D eigenvalue weighted by atomic mass is 9.75. The molecule has 11 heteroatoms. The fourth-order valence-corrected chi connectivity index (χ4v) is 9.11. The summed E-state index contributed by atoms with van der Waals surface area (Å²) in [6, 6.07) is 13.6. The van der Waals surface area contributed by atoms with Crippen molar-refractivity contribution < 1.29 is 14.3 Å². The number of nitrogens with zero attached hydrogens (tertiary/aromatic N) is 3. The van der Waals surface area contributed by atoms with Crippen LogP contribution in [0.1, 0.15) is 112 Å². The van der Waals surface area contributed by atoms with E-state index in [-0.39, 0.29) is 22.9 Å². The van der Waals surface area contributed by atoms with Gasteiger partial charge in [0.1, 0.15) is 5.56 Å². The number of aromatic nitrogens is 3. The fourth-order valence-electron chi connectivity index (χ4n) is 8.78. The van der Waals surface area contributed by atoms with Crippen molar-refractivity contribution in [2.75, 3.05) is 12.4 Å². The van der Waals surface area contributed by atoms with Gasteiger partial charge in [0.2, 0.25) is 11.8 Å². The van der Waals surface area contributed by atoms with E-state index in [0.29, 0.717) is 28.4 Å². The average molecular weight is 768 g/mol. The van der Waals surface area contributed by atoms with Crippen molar-refractivity contribution in [1.82, 2.24) is 19.4 Å².